The topological polar surface area (TPSA) is 46.2 Å². The van der Waals surface area contributed by atoms with Gasteiger partial charge in [0.2, 0.25) is 0 Å². The number of nitrogens with two attached hydrogens (primary N) is 1. The number of hydrogen-bond acceptors (Lipinski definition) is 2. The highest BCUT2D eigenvalue weighted by atomic mass is 16.3. The summed E-state index contributed by atoms with van der Waals surface area (Å²) in [6, 6.07) is 0.253. The molecule has 0 aromatic rings. The van der Waals surface area contributed by atoms with Gasteiger partial charge >= 0.3 is 0 Å². The molecule has 3 unspecified atom stereocenters. The van der Waals surface area contributed by atoms with Crippen molar-refractivity contribution in [2.24, 2.45) is 23.5 Å². The summed E-state index contributed by atoms with van der Waals surface area (Å²) in [4.78, 5) is 0. The van der Waals surface area contributed by atoms with Crippen LogP contribution in [0.2, 0.25) is 0 Å². The van der Waals surface area contributed by atoms with Crippen molar-refractivity contribution in [3.8, 4) is 0 Å². The molecule has 94 valence electrons. The van der Waals surface area contributed by atoms with Crippen molar-refractivity contribution in [3.05, 3.63) is 0 Å². The Bertz CT molecular complexity index is 211. The highest BCUT2D eigenvalue weighted by Gasteiger charge is 2.34. The molecule has 0 spiro atoms. The molecule has 0 heterocycles. The van der Waals surface area contributed by atoms with E-state index in [1.54, 1.807) is 0 Å². The van der Waals surface area contributed by atoms with Gasteiger partial charge in [0, 0.05) is 12.0 Å². The molecule has 2 heteroatoms. The molecule has 0 saturated heterocycles. The Labute approximate surface area is 99.6 Å². The van der Waals surface area contributed by atoms with Gasteiger partial charge in [-0.1, -0.05) is 32.6 Å². The van der Waals surface area contributed by atoms with Gasteiger partial charge in [-0.2, -0.15) is 0 Å². The fourth-order valence-corrected chi connectivity index (χ4v) is 3.59. The molecule has 0 aromatic heterocycles. The zero-order valence-corrected chi connectivity index (χ0v) is 10.6. The molecule has 2 aliphatic rings. The summed E-state index contributed by atoms with van der Waals surface area (Å²) in [5, 5.41) is 10.5. The Balaban J connectivity index is 1.88. The van der Waals surface area contributed by atoms with Crippen LogP contribution >= 0.6 is 0 Å². The number of aliphatic hydroxyl groups excluding tert-OH is 1. The highest BCUT2D eigenvalue weighted by molar-refractivity contribution is 4.88. The van der Waals surface area contributed by atoms with Crippen molar-refractivity contribution >= 4 is 0 Å². The SMILES string of the molecule is CC1CCC(C(O)C2CCCCC2N)CC1. The van der Waals surface area contributed by atoms with Crippen LogP contribution < -0.4 is 5.73 Å². The minimum absolute atomic E-state index is 0.122. The molecule has 16 heavy (non-hydrogen) atoms. The molecule has 0 radical (unpaired) electrons. The molecule has 0 bridgehead atoms. The summed E-state index contributed by atoms with van der Waals surface area (Å²) in [5.41, 5.74) is 6.15. The molecule has 2 aliphatic carbocycles. The van der Waals surface area contributed by atoms with Crippen molar-refractivity contribution in [1.82, 2.24) is 0 Å². The van der Waals surface area contributed by atoms with Crippen LogP contribution in [0.25, 0.3) is 0 Å². The average Bonchev–Trinajstić information content (AvgIpc) is 2.30. The molecule has 2 rings (SSSR count). The second kappa shape index (κ2) is 5.50. The van der Waals surface area contributed by atoms with Crippen molar-refractivity contribution in [3.63, 3.8) is 0 Å². The largest absolute Gasteiger partial charge is 0.392 e. The van der Waals surface area contributed by atoms with Crippen LogP contribution in [-0.2, 0) is 0 Å². The van der Waals surface area contributed by atoms with E-state index >= 15 is 0 Å². The summed E-state index contributed by atoms with van der Waals surface area (Å²) < 4.78 is 0. The van der Waals surface area contributed by atoms with Gasteiger partial charge in [0.1, 0.15) is 0 Å². The predicted octanol–water partition coefficient (Wildman–Crippen LogP) is 2.69. The zero-order valence-electron chi connectivity index (χ0n) is 10.6. The van der Waals surface area contributed by atoms with Crippen LogP contribution in [-0.4, -0.2) is 17.3 Å². The maximum atomic E-state index is 10.5. The van der Waals surface area contributed by atoms with Gasteiger partial charge in [0.05, 0.1) is 6.10 Å². The predicted molar refractivity (Wildman–Crippen MR) is 67.1 cm³/mol. The lowest BCUT2D eigenvalue weighted by molar-refractivity contribution is 0.00554. The van der Waals surface area contributed by atoms with E-state index in [0.717, 1.165) is 18.8 Å². The van der Waals surface area contributed by atoms with E-state index in [1.165, 1.54) is 38.5 Å². The van der Waals surface area contributed by atoms with E-state index in [2.05, 4.69) is 6.92 Å². The van der Waals surface area contributed by atoms with Gasteiger partial charge in [-0.3, -0.25) is 0 Å². The molecule has 0 aliphatic heterocycles. The molecular formula is C14H27NO. The van der Waals surface area contributed by atoms with Gasteiger partial charge < -0.3 is 10.8 Å². The van der Waals surface area contributed by atoms with Crippen molar-refractivity contribution in [2.75, 3.05) is 0 Å². The van der Waals surface area contributed by atoms with Crippen molar-refractivity contribution in [1.29, 1.82) is 0 Å². The second-order valence-corrected chi connectivity index (χ2v) is 6.12. The first kappa shape index (κ1) is 12.4. The second-order valence-electron chi connectivity index (χ2n) is 6.12. The fraction of sp³-hybridized carbons (Fsp3) is 1.00. The highest BCUT2D eigenvalue weighted by Crippen LogP contribution is 2.36. The lowest BCUT2D eigenvalue weighted by Crippen LogP contribution is -2.44. The van der Waals surface area contributed by atoms with Crippen LogP contribution in [0.3, 0.4) is 0 Å². The normalized spacial score (nSPS) is 42.9. The lowest BCUT2D eigenvalue weighted by atomic mass is 9.72. The zero-order chi connectivity index (χ0) is 11.5. The maximum absolute atomic E-state index is 10.5. The Morgan fingerprint density at radius 1 is 1.00 bits per heavy atom. The van der Waals surface area contributed by atoms with Crippen molar-refractivity contribution in [2.45, 2.75) is 70.4 Å². The van der Waals surface area contributed by atoms with Gasteiger partial charge in [-0.25, -0.2) is 0 Å². The molecule has 2 saturated carbocycles. The van der Waals surface area contributed by atoms with E-state index in [-0.39, 0.29) is 12.1 Å². The molecule has 0 aromatic carbocycles. The van der Waals surface area contributed by atoms with Gasteiger partial charge in [-0.05, 0) is 37.5 Å². The Morgan fingerprint density at radius 2 is 1.62 bits per heavy atom. The molecule has 2 nitrogen and oxygen atoms in total. The lowest BCUT2D eigenvalue weighted by Gasteiger charge is -2.38. The smallest absolute Gasteiger partial charge is 0.0611 e. The minimum Gasteiger partial charge on any atom is -0.392 e. The number of aliphatic hydroxyl groups is 1. The van der Waals surface area contributed by atoms with E-state index in [0.29, 0.717) is 11.8 Å². The van der Waals surface area contributed by atoms with Gasteiger partial charge in [-0.15, -0.1) is 0 Å². The van der Waals surface area contributed by atoms with E-state index in [1.807, 2.05) is 0 Å². The third kappa shape index (κ3) is 2.78. The quantitative estimate of drug-likeness (QED) is 0.759. The average molecular weight is 225 g/mol. The van der Waals surface area contributed by atoms with Crippen LogP contribution in [0.4, 0.5) is 0 Å². The standard InChI is InChI=1S/C14H27NO/c1-10-6-8-11(9-7-10)14(16)12-4-2-3-5-13(12)15/h10-14,16H,2-9,15H2,1H3. The van der Waals surface area contributed by atoms with Crippen LogP contribution in [0.1, 0.15) is 58.3 Å². The molecule has 3 atom stereocenters. The Kier molecular flexibility index (Phi) is 4.26. The molecular weight excluding hydrogens is 198 g/mol. The molecule has 2 fully saturated rings. The van der Waals surface area contributed by atoms with E-state index in [4.69, 9.17) is 5.73 Å². The van der Waals surface area contributed by atoms with Crippen molar-refractivity contribution < 1.29 is 5.11 Å². The monoisotopic (exact) mass is 225 g/mol. The minimum atomic E-state index is -0.122. The molecule has 0 amide bonds. The summed E-state index contributed by atoms with van der Waals surface area (Å²) in [7, 11) is 0. The number of hydrogen-bond donors (Lipinski definition) is 2. The van der Waals surface area contributed by atoms with Gasteiger partial charge in [0.25, 0.3) is 0 Å². The Hall–Kier alpha value is -0.0800. The summed E-state index contributed by atoms with van der Waals surface area (Å²) in [5.74, 6) is 1.78. The van der Waals surface area contributed by atoms with Crippen LogP contribution in [0.5, 0.6) is 0 Å². The van der Waals surface area contributed by atoms with Gasteiger partial charge in [0.15, 0.2) is 0 Å². The van der Waals surface area contributed by atoms with Crippen LogP contribution in [0, 0.1) is 17.8 Å². The third-order valence-electron chi connectivity index (χ3n) is 4.86. The first-order valence-electron chi connectivity index (χ1n) is 7.12. The summed E-state index contributed by atoms with van der Waals surface area (Å²) in [6.45, 7) is 2.33. The van der Waals surface area contributed by atoms with E-state index in [9.17, 15) is 5.11 Å². The fourth-order valence-electron chi connectivity index (χ4n) is 3.59. The summed E-state index contributed by atoms with van der Waals surface area (Å²) in [6.07, 6.45) is 9.68. The molecule has 3 N–H and O–H groups in total. The third-order valence-corrected chi connectivity index (χ3v) is 4.86. The Morgan fingerprint density at radius 3 is 2.25 bits per heavy atom. The van der Waals surface area contributed by atoms with Crippen LogP contribution in [0.15, 0.2) is 0 Å². The van der Waals surface area contributed by atoms with E-state index < -0.39 is 0 Å². The first-order chi connectivity index (χ1) is 7.68. The first-order valence-corrected chi connectivity index (χ1v) is 7.12. The maximum Gasteiger partial charge on any atom is 0.0611 e. The summed E-state index contributed by atoms with van der Waals surface area (Å²) >= 11 is 0. The number of rotatable bonds is 2.